The fourth-order valence-electron chi connectivity index (χ4n) is 0.897. The van der Waals surface area contributed by atoms with Crippen LogP contribution >= 0.6 is 25.3 Å². The summed E-state index contributed by atoms with van der Waals surface area (Å²) >= 11 is 3.32. The number of hydrogen-bond donors (Lipinski definition) is 0. The third-order valence-corrected chi connectivity index (χ3v) is 2.04. The van der Waals surface area contributed by atoms with Crippen molar-refractivity contribution in [1.29, 1.82) is 0 Å². The molecule has 5 heteroatoms. The normalized spacial score (nSPS) is 10.7. The van der Waals surface area contributed by atoms with Crippen molar-refractivity contribution >= 4 is 36.4 Å². The average Bonchev–Trinajstić information content (AvgIpc) is 2.27. The van der Waals surface area contributed by atoms with Crippen molar-refractivity contribution in [3.63, 3.8) is 0 Å². The number of pyridine rings is 1. The molecular formula is C6H5BrN3P. The predicted octanol–water partition coefficient (Wildman–Crippen LogP) is 1.83. The first-order valence-corrected chi connectivity index (χ1v) is 4.32. The van der Waals surface area contributed by atoms with Gasteiger partial charge >= 0.3 is 0 Å². The molecule has 0 radical (unpaired) electrons. The molecule has 0 aliphatic carbocycles. The topological polar surface area (TPSA) is 30.7 Å². The van der Waals surface area contributed by atoms with Crippen molar-refractivity contribution in [2.45, 2.75) is 0 Å². The molecule has 0 fully saturated rings. The standard InChI is InChI=1S/C6H5BrN3P/c7-4-1-5-6(8-2-4)3-10(11)9-5/h1-3H,11H2. The third-order valence-electron chi connectivity index (χ3n) is 1.34. The van der Waals surface area contributed by atoms with Crippen molar-refractivity contribution in [2.75, 3.05) is 0 Å². The number of aromatic nitrogens is 3. The Morgan fingerprint density at radius 3 is 3.09 bits per heavy atom. The summed E-state index contributed by atoms with van der Waals surface area (Å²) in [6.45, 7) is 0. The van der Waals surface area contributed by atoms with Crippen LogP contribution in [0.2, 0.25) is 0 Å². The van der Waals surface area contributed by atoms with E-state index < -0.39 is 0 Å². The monoisotopic (exact) mass is 229 g/mol. The van der Waals surface area contributed by atoms with E-state index in [0.29, 0.717) is 0 Å². The van der Waals surface area contributed by atoms with Crippen LogP contribution < -0.4 is 0 Å². The molecule has 2 rings (SSSR count). The summed E-state index contributed by atoms with van der Waals surface area (Å²) in [6.07, 6.45) is 3.61. The van der Waals surface area contributed by atoms with Gasteiger partial charge in [0.1, 0.15) is 11.0 Å². The van der Waals surface area contributed by atoms with Crippen LogP contribution in [0.25, 0.3) is 11.0 Å². The van der Waals surface area contributed by atoms with Gasteiger partial charge in [0, 0.05) is 10.7 Å². The van der Waals surface area contributed by atoms with Crippen molar-refractivity contribution in [3.8, 4) is 0 Å². The predicted molar refractivity (Wildman–Crippen MR) is 50.3 cm³/mol. The van der Waals surface area contributed by atoms with Crippen LogP contribution in [-0.2, 0) is 0 Å². The first-order chi connectivity index (χ1) is 5.25. The Bertz CT molecular complexity index is 398. The largest absolute Gasteiger partial charge is 0.256 e. The molecule has 2 heterocycles. The van der Waals surface area contributed by atoms with Crippen LogP contribution in [-0.4, -0.2) is 14.5 Å². The molecule has 1 atom stereocenters. The highest BCUT2D eigenvalue weighted by Crippen LogP contribution is 2.15. The lowest BCUT2D eigenvalue weighted by atomic mass is 10.4. The molecule has 56 valence electrons. The van der Waals surface area contributed by atoms with Gasteiger partial charge in [-0.1, -0.05) is 0 Å². The van der Waals surface area contributed by atoms with Crippen LogP contribution in [0.3, 0.4) is 0 Å². The summed E-state index contributed by atoms with van der Waals surface area (Å²) in [6, 6.07) is 1.93. The lowest BCUT2D eigenvalue weighted by Gasteiger charge is -1.86. The zero-order chi connectivity index (χ0) is 7.84. The summed E-state index contributed by atoms with van der Waals surface area (Å²) < 4.78 is 2.62. The molecule has 2 aromatic rings. The van der Waals surface area contributed by atoms with Gasteiger partial charge in [-0.05, 0) is 31.4 Å². The Kier molecular flexibility index (Phi) is 1.66. The molecule has 0 aromatic carbocycles. The zero-order valence-electron chi connectivity index (χ0n) is 5.53. The van der Waals surface area contributed by atoms with E-state index in [0.717, 1.165) is 15.5 Å². The molecule has 0 aliphatic heterocycles. The molecule has 0 bridgehead atoms. The van der Waals surface area contributed by atoms with E-state index in [9.17, 15) is 0 Å². The lowest BCUT2D eigenvalue weighted by Crippen LogP contribution is -1.75. The van der Waals surface area contributed by atoms with E-state index in [1.807, 2.05) is 12.3 Å². The highest BCUT2D eigenvalue weighted by atomic mass is 79.9. The number of fused-ring (bicyclic) bond motifs is 1. The highest BCUT2D eigenvalue weighted by Gasteiger charge is 1.98. The smallest absolute Gasteiger partial charge is 0.112 e. The van der Waals surface area contributed by atoms with Crippen LogP contribution in [0, 0.1) is 0 Å². The summed E-state index contributed by atoms with van der Waals surface area (Å²) in [5.74, 6) is 0. The molecule has 1 unspecified atom stereocenters. The van der Waals surface area contributed by atoms with Crippen LogP contribution in [0.4, 0.5) is 0 Å². The molecule has 0 saturated heterocycles. The maximum absolute atomic E-state index is 4.16. The Balaban J connectivity index is 2.82. The minimum atomic E-state index is 0.898. The van der Waals surface area contributed by atoms with Crippen molar-refractivity contribution in [2.24, 2.45) is 0 Å². The van der Waals surface area contributed by atoms with E-state index in [2.05, 4.69) is 35.4 Å². The first kappa shape index (κ1) is 7.19. The second kappa shape index (κ2) is 2.54. The fourth-order valence-corrected chi connectivity index (χ4v) is 1.48. The van der Waals surface area contributed by atoms with Gasteiger partial charge in [0.05, 0.1) is 6.20 Å². The summed E-state index contributed by atoms with van der Waals surface area (Å²) in [4.78, 5) is 4.16. The fraction of sp³-hybridized carbons (Fsp3) is 0. The molecule has 0 saturated carbocycles. The number of halogens is 1. The molecule has 11 heavy (non-hydrogen) atoms. The Hall–Kier alpha value is -0.470. The average molecular weight is 230 g/mol. The minimum absolute atomic E-state index is 0.898. The molecular weight excluding hydrogens is 225 g/mol. The van der Waals surface area contributed by atoms with E-state index in [-0.39, 0.29) is 0 Å². The maximum atomic E-state index is 4.16. The first-order valence-electron chi connectivity index (χ1n) is 3.02. The van der Waals surface area contributed by atoms with Crippen molar-refractivity contribution in [3.05, 3.63) is 22.9 Å². The van der Waals surface area contributed by atoms with Crippen LogP contribution in [0.5, 0.6) is 0 Å². The van der Waals surface area contributed by atoms with Gasteiger partial charge in [0.2, 0.25) is 0 Å². The van der Waals surface area contributed by atoms with Crippen molar-refractivity contribution < 1.29 is 0 Å². The van der Waals surface area contributed by atoms with E-state index in [1.54, 1.807) is 10.6 Å². The Morgan fingerprint density at radius 2 is 2.27 bits per heavy atom. The quantitative estimate of drug-likeness (QED) is 0.646. The highest BCUT2D eigenvalue weighted by molar-refractivity contribution is 9.10. The molecule has 0 spiro atoms. The van der Waals surface area contributed by atoms with Gasteiger partial charge in [-0.2, -0.15) is 5.10 Å². The molecule has 2 aromatic heterocycles. The summed E-state index contributed by atoms with van der Waals surface area (Å²) in [5.41, 5.74) is 1.80. The Labute approximate surface area is 74.2 Å². The molecule has 3 nitrogen and oxygen atoms in total. The van der Waals surface area contributed by atoms with Gasteiger partial charge < -0.3 is 0 Å². The van der Waals surface area contributed by atoms with Crippen molar-refractivity contribution in [1.82, 2.24) is 14.5 Å². The van der Waals surface area contributed by atoms with E-state index >= 15 is 0 Å². The maximum Gasteiger partial charge on any atom is 0.112 e. The molecule has 0 aliphatic rings. The summed E-state index contributed by atoms with van der Waals surface area (Å²) in [5, 5.41) is 4.16. The number of rotatable bonds is 0. The van der Waals surface area contributed by atoms with Gasteiger partial charge in [-0.15, -0.1) is 0 Å². The van der Waals surface area contributed by atoms with Gasteiger partial charge in [0.15, 0.2) is 0 Å². The van der Waals surface area contributed by atoms with E-state index in [4.69, 9.17) is 0 Å². The summed E-state index contributed by atoms with van der Waals surface area (Å²) in [7, 11) is 2.47. The van der Waals surface area contributed by atoms with Crippen LogP contribution in [0.1, 0.15) is 0 Å². The van der Waals surface area contributed by atoms with Gasteiger partial charge in [-0.3, -0.25) is 9.44 Å². The van der Waals surface area contributed by atoms with Gasteiger partial charge in [0.25, 0.3) is 0 Å². The number of nitrogens with zero attached hydrogens (tertiary/aromatic N) is 3. The van der Waals surface area contributed by atoms with E-state index in [1.165, 1.54) is 0 Å². The molecule has 0 amide bonds. The zero-order valence-corrected chi connectivity index (χ0v) is 8.27. The molecule has 0 N–H and O–H groups in total. The van der Waals surface area contributed by atoms with Gasteiger partial charge in [-0.25, -0.2) is 0 Å². The number of hydrogen-bond acceptors (Lipinski definition) is 2. The second-order valence-electron chi connectivity index (χ2n) is 2.17. The lowest BCUT2D eigenvalue weighted by molar-refractivity contribution is 1.03. The van der Waals surface area contributed by atoms with Crippen LogP contribution in [0.15, 0.2) is 22.9 Å². The third kappa shape index (κ3) is 1.28. The SMILES string of the molecule is Pn1cc2ncc(Br)cc2n1. The minimum Gasteiger partial charge on any atom is -0.256 e. The second-order valence-corrected chi connectivity index (χ2v) is 3.61. The Morgan fingerprint density at radius 1 is 1.45 bits per heavy atom.